The zero-order valence-corrected chi connectivity index (χ0v) is 5.69. The molecule has 0 bridgehead atoms. The molecule has 1 aromatic carbocycles. The van der Waals surface area contributed by atoms with Crippen molar-refractivity contribution in [3.05, 3.63) is 34.6 Å². The molecule has 0 radical (unpaired) electrons. The highest BCUT2D eigenvalue weighted by Crippen LogP contribution is 2.13. The lowest BCUT2D eigenvalue weighted by Crippen LogP contribution is -1.87. The van der Waals surface area contributed by atoms with Crippen molar-refractivity contribution in [2.75, 3.05) is 0 Å². The van der Waals surface area contributed by atoms with E-state index in [1.807, 2.05) is 0 Å². The van der Waals surface area contributed by atoms with Crippen LogP contribution in [0, 0.1) is 5.82 Å². The molecule has 0 unspecified atom stereocenters. The van der Waals surface area contributed by atoms with Crippen molar-refractivity contribution in [3.63, 3.8) is 0 Å². The van der Waals surface area contributed by atoms with Gasteiger partial charge in [-0.2, -0.15) is 0 Å². The first-order chi connectivity index (χ1) is 5.41. The molecular weight excluding hydrogens is 155 g/mol. The monoisotopic (exact) mass is 162 g/mol. The van der Waals surface area contributed by atoms with E-state index in [2.05, 4.69) is 0 Å². The van der Waals surface area contributed by atoms with Crippen molar-refractivity contribution in [1.29, 1.82) is 0 Å². The molecule has 0 saturated heterocycles. The Kier molecular flexibility index (Phi) is 1.53. The van der Waals surface area contributed by atoms with Crippen LogP contribution in [0.15, 0.2) is 18.2 Å². The molecule has 0 heterocycles. The number of aliphatic hydroxyl groups is 1. The topological polar surface area (TPSA) is 20.2 Å². The van der Waals surface area contributed by atoms with Crippen LogP contribution < -0.4 is 0 Å². The Bertz CT molecular complexity index is 298. The number of rotatable bonds is 1. The van der Waals surface area contributed by atoms with E-state index in [0.29, 0.717) is 0 Å². The summed E-state index contributed by atoms with van der Waals surface area (Å²) in [5.74, 6) is -0.852. The van der Waals surface area contributed by atoms with Gasteiger partial charge in [0.2, 0.25) is 0 Å². The highest BCUT2D eigenvalue weighted by Gasteiger charge is 1.99. The first kappa shape index (κ1) is 5.10. The van der Waals surface area contributed by atoms with Gasteiger partial charge in [0.25, 0.3) is 0 Å². The van der Waals surface area contributed by atoms with E-state index in [-0.39, 0.29) is 5.02 Å². The highest BCUT2D eigenvalue weighted by molar-refractivity contribution is 6.30. The Balaban J connectivity index is 3.19. The van der Waals surface area contributed by atoms with E-state index >= 15 is 0 Å². The molecule has 0 fully saturated rings. The van der Waals surface area contributed by atoms with E-state index in [1.165, 1.54) is 6.07 Å². The molecule has 1 nitrogen and oxygen atoms in total. The number of halogens is 2. The van der Waals surface area contributed by atoms with Gasteiger partial charge in [-0.3, -0.25) is 0 Å². The van der Waals surface area contributed by atoms with Crippen molar-refractivity contribution < 1.29 is 12.2 Å². The van der Waals surface area contributed by atoms with Crippen LogP contribution in [0.3, 0.4) is 0 Å². The number of benzene rings is 1. The summed E-state index contributed by atoms with van der Waals surface area (Å²) in [4.78, 5) is 0. The largest absolute Gasteiger partial charge is 0.392 e. The summed E-state index contributed by atoms with van der Waals surface area (Å²) in [7, 11) is 0. The van der Waals surface area contributed by atoms with Crippen LogP contribution in [0.5, 0.6) is 0 Å². The minimum absolute atomic E-state index is 0.167. The fraction of sp³-hybridized carbons (Fsp3) is 0.143. The predicted octanol–water partition coefficient (Wildman–Crippen LogP) is 1.97. The van der Waals surface area contributed by atoms with Crippen LogP contribution >= 0.6 is 11.6 Å². The maximum Gasteiger partial charge on any atom is 0.130 e. The predicted molar refractivity (Wildman–Crippen MR) is 37.3 cm³/mol. The molecule has 0 aliphatic heterocycles. The van der Waals surface area contributed by atoms with Crippen LogP contribution in [-0.2, 0) is 6.56 Å². The summed E-state index contributed by atoms with van der Waals surface area (Å²) < 4.78 is 26.5. The third-order valence-corrected chi connectivity index (χ3v) is 1.29. The van der Waals surface area contributed by atoms with Gasteiger partial charge in [0.05, 0.1) is 9.30 Å². The Morgan fingerprint density at radius 1 is 1.70 bits per heavy atom. The molecule has 0 atom stereocenters. The number of hydrogen-bond acceptors (Lipinski definition) is 1. The third-order valence-electron chi connectivity index (χ3n) is 1.05. The fourth-order valence-electron chi connectivity index (χ4n) is 0.580. The summed E-state index contributed by atoms with van der Waals surface area (Å²) >= 11 is 5.42. The second kappa shape index (κ2) is 2.99. The van der Waals surface area contributed by atoms with Crippen LogP contribution in [0.1, 0.15) is 8.30 Å². The lowest BCUT2D eigenvalue weighted by atomic mass is 10.2. The first-order valence-corrected chi connectivity index (χ1v) is 2.97. The third kappa shape index (κ3) is 1.46. The standard InChI is InChI=1S/C7H6ClFO/c8-6-2-1-5(4-10)7(9)3-6/h1-3,10H,4H2/i4D2. The molecule has 1 rings (SSSR count). The molecule has 0 spiro atoms. The Hall–Kier alpha value is -0.600. The van der Waals surface area contributed by atoms with Gasteiger partial charge in [-0.05, 0) is 12.1 Å². The summed E-state index contributed by atoms with van der Waals surface area (Å²) in [6.07, 6.45) is 0. The van der Waals surface area contributed by atoms with Gasteiger partial charge < -0.3 is 5.11 Å². The normalized spacial score (nSPS) is 14.3. The smallest absolute Gasteiger partial charge is 0.130 e. The lowest BCUT2D eigenvalue weighted by molar-refractivity contribution is 0.276. The molecule has 0 aromatic heterocycles. The molecule has 54 valence electrons. The van der Waals surface area contributed by atoms with Gasteiger partial charge in [-0.15, -0.1) is 0 Å². The van der Waals surface area contributed by atoms with Gasteiger partial charge in [-0.1, -0.05) is 17.7 Å². The quantitative estimate of drug-likeness (QED) is 0.670. The summed E-state index contributed by atoms with van der Waals surface area (Å²) in [5, 5.41) is 8.98. The molecule has 1 aromatic rings. The maximum atomic E-state index is 12.9. The second-order valence-electron chi connectivity index (χ2n) is 1.74. The summed E-state index contributed by atoms with van der Waals surface area (Å²) in [6, 6.07) is 3.37. The summed E-state index contributed by atoms with van der Waals surface area (Å²) in [6.45, 7) is -2.66. The average Bonchev–Trinajstić information content (AvgIpc) is 1.83. The SMILES string of the molecule is [2H]C([2H])(O)c1ccc(Cl)cc1F. The molecular formula is C7H6ClFO. The Morgan fingerprint density at radius 3 is 2.90 bits per heavy atom. The summed E-state index contributed by atoms with van der Waals surface area (Å²) in [5.41, 5.74) is -0.410. The molecule has 3 heteroatoms. The van der Waals surface area contributed by atoms with Crippen LogP contribution in [0.2, 0.25) is 5.02 Å². The van der Waals surface area contributed by atoms with Gasteiger partial charge in [-0.25, -0.2) is 4.39 Å². The van der Waals surface area contributed by atoms with Crippen LogP contribution in [0.25, 0.3) is 0 Å². The Labute approximate surface area is 65.9 Å². The number of hydrogen-bond donors (Lipinski definition) is 1. The van der Waals surface area contributed by atoms with Gasteiger partial charge in [0, 0.05) is 10.6 Å². The molecule has 1 N–H and O–H groups in total. The van der Waals surface area contributed by atoms with Crippen LogP contribution in [0.4, 0.5) is 4.39 Å². The van der Waals surface area contributed by atoms with E-state index in [0.717, 1.165) is 12.1 Å². The van der Waals surface area contributed by atoms with Gasteiger partial charge >= 0.3 is 0 Å². The van der Waals surface area contributed by atoms with Crippen molar-refractivity contribution in [2.45, 2.75) is 6.56 Å². The average molecular weight is 163 g/mol. The zero-order valence-electron chi connectivity index (χ0n) is 6.94. The molecule has 0 saturated carbocycles. The fourth-order valence-corrected chi connectivity index (χ4v) is 0.739. The van der Waals surface area contributed by atoms with Crippen molar-refractivity contribution in [3.8, 4) is 0 Å². The van der Waals surface area contributed by atoms with E-state index < -0.39 is 17.9 Å². The van der Waals surface area contributed by atoms with Crippen molar-refractivity contribution in [2.24, 2.45) is 0 Å². The Morgan fingerprint density at radius 2 is 2.40 bits per heavy atom. The van der Waals surface area contributed by atoms with Gasteiger partial charge in [0.15, 0.2) is 0 Å². The first-order valence-electron chi connectivity index (χ1n) is 3.59. The van der Waals surface area contributed by atoms with Gasteiger partial charge in [0.1, 0.15) is 5.82 Å². The minimum Gasteiger partial charge on any atom is -0.392 e. The van der Waals surface area contributed by atoms with E-state index in [1.54, 1.807) is 0 Å². The molecule has 0 aliphatic carbocycles. The van der Waals surface area contributed by atoms with E-state index in [9.17, 15) is 4.39 Å². The second-order valence-corrected chi connectivity index (χ2v) is 2.17. The molecule has 0 amide bonds. The zero-order chi connectivity index (χ0) is 9.35. The van der Waals surface area contributed by atoms with Crippen LogP contribution in [-0.4, -0.2) is 5.11 Å². The molecule has 10 heavy (non-hydrogen) atoms. The lowest BCUT2D eigenvalue weighted by Gasteiger charge is -1.96. The van der Waals surface area contributed by atoms with Crippen molar-refractivity contribution in [1.82, 2.24) is 0 Å². The highest BCUT2D eigenvalue weighted by atomic mass is 35.5. The minimum atomic E-state index is -2.66. The van der Waals surface area contributed by atoms with E-state index in [4.69, 9.17) is 19.4 Å². The maximum absolute atomic E-state index is 12.9. The van der Waals surface area contributed by atoms with Crippen molar-refractivity contribution >= 4 is 11.6 Å². The molecule has 0 aliphatic rings.